The van der Waals surface area contributed by atoms with E-state index in [-0.39, 0.29) is 31.2 Å². The van der Waals surface area contributed by atoms with E-state index >= 15 is 0 Å². The van der Waals surface area contributed by atoms with Gasteiger partial charge in [-0.3, -0.25) is 4.72 Å². The number of rotatable bonds is 4. The Morgan fingerprint density at radius 1 is 1.05 bits per heavy atom. The number of anilines is 1. The summed E-state index contributed by atoms with van der Waals surface area (Å²) in [5.41, 5.74) is -0.183. The average Bonchev–Trinajstić information content (AvgIpc) is 2.43. The van der Waals surface area contributed by atoms with Crippen molar-refractivity contribution in [1.82, 2.24) is 0 Å². The van der Waals surface area contributed by atoms with E-state index in [1.807, 2.05) is 0 Å². The van der Waals surface area contributed by atoms with Gasteiger partial charge in [0.2, 0.25) is 0 Å². The Balaban J connectivity index is 2.43. The van der Waals surface area contributed by atoms with Crippen molar-refractivity contribution in [3.8, 4) is 0 Å². The van der Waals surface area contributed by atoms with Crippen LogP contribution < -0.4 is 4.72 Å². The van der Waals surface area contributed by atoms with Gasteiger partial charge in [-0.1, -0.05) is 40.9 Å². The van der Waals surface area contributed by atoms with Crippen LogP contribution in [0.3, 0.4) is 0 Å². The SMILES string of the molecule is O=C(O)c1cc(NS(=O)(=O)c2cccc(Cl)c2Cl)ccc1Cl. The van der Waals surface area contributed by atoms with Gasteiger partial charge in [0.25, 0.3) is 10.0 Å². The zero-order chi connectivity index (χ0) is 16.5. The summed E-state index contributed by atoms with van der Waals surface area (Å²) >= 11 is 17.4. The molecule has 0 aromatic heterocycles. The Kier molecular flexibility index (Phi) is 4.87. The largest absolute Gasteiger partial charge is 0.478 e. The van der Waals surface area contributed by atoms with Crippen LogP contribution in [0.1, 0.15) is 10.4 Å². The van der Waals surface area contributed by atoms with Gasteiger partial charge in [-0.2, -0.15) is 0 Å². The molecule has 116 valence electrons. The van der Waals surface area contributed by atoms with Crippen LogP contribution in [0.5, 0.6) is 0 Å². The van der Waals surface area contributed by atoms with Crippen molar-refractivity contribution in [2.45, 2.75) is 4.90 Å². The number of hydrogen-bond acceptors (Lipinski definition) is 3. The molecule has 0 aliphatic rings. The number of benzene rings is 2. The molecule has 0 aliphatic carbocycles. The summed E-state index contributed by atoms with van der Waals surface area (Å²) in [6, 6.07) is 7.90. The number of carbonyl (C=O) groups is 1. The minimum atomic E-state index is -4.02. The first-order valence-corrected chi connectivity index (χ1v) is 8.34. The molecular formula is C13H8Cl3NO4S. The fraction of sp³-hybridized carbons (Fsp3) is 0. The van der Waals surface area contributed by atoms with Crippen LogP contribution in [0, 0.1) is 0 Å². The fourth-order valence-electron chi connectivity index (χ4n) is 1.65. The summed E-state index contributed by atoms with van der Waals surface area (Å²) in [5.74, 6) is -1.27. The summed E-state index contributed by atoms with van der Waals surface area (Å²) in [6.07, 6.45) is 0. The number of sulfonamides is 1. The molecule has 9 heteroatoms. The normalized spacial score (nSPS) is 11.2. The van der Waals surface area contributed by atoms with Gasteiger partial charge in [0, 0.05) is 5.69 Å². The first kappa shape index (κ1) is 16.9. The molecule has 0 atom stereocenters. The third kappa shape index (κ3) is 3.47. The number of nitrogens with one attached hydrogen (secondary N) is 1. The smallest absolute Gasteiger partial charge is 0.337 e. The molecule has 5 nitrogen and oxygen atoms in total. The topological polar surface area (TPSA) is 83.5 Å². The van der Waals surface area contributed by atoms with Gasteiger partial charge in [0.05, 0.1) is 20.6 Å². The molecule has 0 unspecified atom stereocenters. The minimum absolute atomic E-state index is 0.00349. The van der Waals surface area contributed by atoms with E-state index in [1.165, 1.54) is 30.3 Å². The summed E-state index contributed by atoms with van der Waals surface area (Å²) < 4.78 is 26.8. The van der Waals surface area contributed by atoms with Gasteiger partial charge < -0.3 is 5.11 Å². The second-order valence-electron chi connectivity index (χ2n) is 4.16. The van der Waals surface area contributed by atoms with Gasteiger partial charge in [-0.25, -0.2) is 13.2 Å². The average molecular weight is 381 g/mol. The molecule has 0 saturated heterocycles. The lowest BCUT2D eigenvalue weighted by Gasteiger charge is -2.11. The van der Waals surface area contributed by atoms with Crippen molar-refractivity contribution < 1.29 is 18.3 Å². The van der Waals surface area contributed by atoms with Gasteiger partial charge in [-0.15, -0.1) is 0 Å². The molecule has 0 saturated carbocycles. The highest BCUT2D eigenvalue weighted by atomic mass is 35.5. The summed E-state index contributed by atoms with van der Waals surface area (Å²) in [7, 11) is -4.02. The Morgan fingerprint density at radius 2 is 1.73 bits per heavy atom. The first-order chi connectivity index (χ1) is 10.2. The van der Waals surface area contributed by atoms with Crippen LogP contribution in [-0.4, -0.2) is 19.5 Å². The zero-order valence-corrected chi connectivity index (χ0v) is 13.8. The van der Waals surface area contributed by atoms with E-state index in [2.05, 4.69) is 4.72 Å². The standard InChI is InChI=1S/C13H8Cl3NO4S/c14-9-5-4-7(6-8(9)13(18)19)17-22(20,21)11-3-1-2-10(15)12(11)16/h1-6,17H,(H,18,19). The molecule has 0 fully saturated rings. The molecule has 2 N–H and O–H groups in total. The van der Waals surface area contributed by atoms with E-state index in [1.54, 1.807) is 0 Å². The molecule has 0 heterocycles. The van der Waals surface area contributed by atoms with E-state index < -0.39 is 16.0 Å². The van der Waals surface area contributed by atoms with Crippen molar-refractivity contribution in [2.75, 3.05) is 4.72 Å². The molecule has 2 aromatic carbocycles. The fourth-order valence-corrected chi connectivity index (χ4v) is 3.66. The number of hydrogen-bond donors (Lipinski definition) is 2. The maximum absolute atomic E-state index is 12.3. The van der Waals surface area contributed by atoms with E-state index in [0.29, 0.717) is 0 Å². The minimum Gasteiger partial charge on any atom is -0.478 e. The monoisotopic (exact) mass is 379 g/mol. The first-order valence-electron chi connectivity index (χ1n) is 5.72. The highest BCUT2D eigenvalue weighted by molar-refractivity contribution is 7.92. The highest BCUT2D eigenvalue weighted by Crippen LogP contribution is 2.30. The number of aromatic carboxylic acids is 1. The van der Waals surface area contributed by atoms with Gasteiger partial charge >= 0.3 is 5.97 Å². The Morgan fingerprint density at radius 3 is 2.36 bits per heavy atom. The van der Waals surface area contributed by atoms with Crippen molar-refractivity contribution in [1.29, 1.82) is 0 Å². The van der Waals surface area contributed by atoms with Gasteiger partial charge in [0.15, 0.2) is 0 Å². The molecular weight excluding hydrogens is 373 g/mol. The van der Waals surface area contributed by atoms with Crippen molar-refractivity contribution in [3.05, 3.63) is 57.0 Å². The molecule has 0 spiro atoms. The van der Waals surface area contributed by atoms with Crippen molar-refractivity contribution >= 4 is 56.5 Å². The second kappa shape index (κ2) is 6.34. The molecule has 2 rings (SSSR count). The highest BCUT2D eigenvalue weighted by Gasteiger charge is 2.20. The summed E-state index contributed by atoms with van der Waals surface area (Å²) in [4.78, 5) is 10.8. The van der Waals surface area contributed by atoms with Crippen LogP contribution in [0.25, 0.3) is 0 Å². The Bertz CT molecular complexity index is 852. The Labute approximate surface area is 141 Å². The predicted octanol–water partition coefficient (Wildman–Crippen LogP) is 4.15. The van der Waals surface area contributed by atoms with Crippen LogP contribution in [-0.2, 0) is 10.0 Å². The van der Waals surface area contributed by atoms with Crippen LogP contribution >= 0.6 is 34.8 Å². The molecule has 0 bridgehead atoms. The molecule has 0 amide bonds. The van der Waals surface area contributed by atoms with Crippen LogP contribution in [0.2, 0.25) is 15.1 Å². The van der Waals surface area contributed by atoms with Crippen LogP contribution in [0.15, 0.2) is 41.3 Å². The molecule has 0 aliphatic heterocycles. The predicted molar refractivity (Wildman–Crippen MR) is 85.7 cm³/mol. The lowest BCUT2D eigenvalue weighted by atomic mass is 10.2. The van der Waals surface area contributed by atoms with E-state index in [0.717, 1.165) is 6.07 Å². The zero-order valence-electron chi connectivity index (χ0n) is 10.7. The van der Waals surface area contributed by atoms with Gasteiger partial charge in [0.1, 0.15) is 4.90 Å². The summed E-state index contributed by atoms with van der Waals surface area (Å²) in [6.45, 7) is 0. The number of halogens is 3. The number of carboxylic acids is 1. The van der Waals surface area contributed by atoms with Crippen molar-refractivity contribution in [2.24, 2.45) is 0 Å². The Hall–Kier alpha value is -1.47. The summed E-state index contributed by atoms with van der Waals surface area (Å²) in [5, 5.41) is 8.95. The lowest BCUT2D eigenvalue weighted by molar-refractivity contribution is 0.0697. The molecule has 2 aromatic rings. The molecule has 22 heavy (non-hydrogen) atoms. The number of carboxylic acid groups (broad SMARTS) is 1. The third-order valence-corrected chi connectivity index (χ3v) is 5.34. The lowest BCUT2D eigenvalue weighted by Crippen LogP contribution is -2.14. The van der Waals surface area contributed by atoms with E-state index in [4.69, 9.17) is 39.9 Å². The maximum Gasteiger partial charge on any atom is 0.337 e. The van der Waals surface area contributed by atoms with Crippen LogP contribution in [0.4, 0.5) is 5.69 Å². The third-order valence-electron chi connectivity index (χ3n) is 2.65. The van der Waals surface area contributed by atoms with Gasteiger partial charge in [-0.05, 0) is 30.3 Å². The quantitative estimate of drug-likeness (QED) is 0.835. The van der Waals surface area contributed by atoms with Crippen molar-refractivity contribution in [3.63, 3.8) is 0 Å². The van der Waals surface area contributed by atoms with E-state index in [9.17, 15) is 13.2 Å². The molecule has 0 radical (unpaired) electrons. The maximum atomic E-state index is 12.3. The second-order valence-corrected chi connectivity index (χ2v) is 7.00.